The minimum atomic E-state index is 0.232. The van der Waals surface area contributed by atoms with Crippen molar-refractivity contribution in [2.75, 3.05) is 31.4 Å². The molecule has 0 aliphatic heterocycles. The minimum absolute atomic E-state index is 0.232. The lowest BCUT2D eigenvalue weighted by Crippen LogP contribution is -2.31. The van der Waals surface area contributed by atoms with Crippen molar-refractivity contribution in [1.82, 2.24) is 15.0 Å². The molecule has 1 aliphatic rings. The molecule has 20 heavy (non-hydrogen) atoms. The predicted octanol–water partition coefficient (Wildman–Crippen LogP) is 2.33. The number of rotatable bonds is 5. The summed E-state index contributed by atoms with van der Waals surface area (Å²) in [5.41, 5.74) is 0. The van der Waals surface area contributed by atoms with Crippen molar-refractivity contribution >= 4 is 11.9 Å². The maximum atomic E-state index is 6.06. The van der Waals surface area contributed by atoms with Crippen LogP contribution in [-0.4, -0.2) is 42.2 Å². The monoisotopic (exact) mass is 279 g/mol. The highest BCUT2D eigenvalue weighted by Crippen LogP contribution is 2.29. The van der Waals surface area contributed by atoms with E-state index in [1.807, 2.05) is 19.0 Å². The first-order chi connectivity index (χ1) is 9.63. The van der Waals surface area contributed by atoms with Crippen molar-refractivity contribution in [3.05, 3.63) is 0 Å². The fourth-order valence-electron chi connectivity index (χ4n) is 2.64. The molecule has 1 aromatic rings. The van der Waals surface area contributed by atoms with Crippen molar-refractivity contribution < 1.29 is 4.74 Å². The van der Waals surface area contributed by atoms with E-state index in [2.05, 4.69) is 27.2 Å². The molecule has 112 valence electrons. The second-order valence-corrected chi connectivity index (χ2v) is 5.50. The molecule has 1 aliphatic carbocycles. The fourth-order valence-corrected chi connectivity index (χ4v) is 2.64. The average molecular weight is 279 g/mol. The zero-order chi connectivity index (χ0) is 14.5. The van der Waals surface area contributed by atoms with E-state index in [4.69, 9.17) is 4.74 Å². The van der Waals surface area contributed by atoms with Crippen molar-refractivity contribution in [1.29, 1.82) is 0 Å². The molecule has 0 bridgehead atoms. The van der Waals surface area contributed by atoms with Gasteiger partial charge >= 0.3 is 6.01 Å². The van der Waals surface area contributed by atoms with Crippen LogP contribution in [-0.2, 0) is 0 Å². The summed E-state index contributed by atoms with van der Waals surface area (Å²) in [7, 11) is 5.62. The Morgan fingerprint density at radius 3 is 2.60 bits per heavy atom. The van der Waals surface area contributed by atoms with Crippen molar-refractivity contribution in [2.45, 2.75) is 45.1 Å². The first-order valence-corrected chi connectivity index (χ1v) is 7.41. The molecule has 6 nitrogen and oxygen atoms in total. The molecule has 1 heterocycles. The number of ether oxygens (including phenoxy) is 1. The van der Waals surface area contributed by atoms with E-state index >= 15 is 0 Å². The Hall–Kier alpha value is -1.59. The van der Waals surface area contributed by atoms with Gasteiger partial charge in [-0.1, -0.05) is 13.3 Å². The molecule has 0 spiro atoms. The molecule has 0 aromatic carbocycles. The van der Waals surface area contributed by atoms with Crippen LogP contribution in [0.2, 0.25) is 0 Å². The van der Waals surface area contributed by atoms with E-state index < -0.39 is 0 Å². The molecule has 0 saturated heterocycles. The van der Waals surface area contributed by atoms with Crippen LogP contribution in [0.25, 0.3) is 0 Å². The SMILES string of the molecule is CCC1CCCCC1Oc1nc(NC)nc(N(C)C)n1. The Morgan fingerprint density at radius 1 is 1.20 bits per heavy atom. The van der Waals surface area contributed by atoms with Gasteiger partial charge in [-0.05, 0) is 31.6 Å². The lowest BCUT2D eigenvalue weighted by molar-refractivity contribution is 0.0810. The van der Waals surface area contributed by atoms with Gasteiger partial charge < -0.3 is 15.0 Å². The average Bonchev–Trinajstić information content (AvgIpc) is 2.47. The number of hydrogen-bond acceptors (Lipinski definition) is 6. The van der Waals surface area contributed by atoms with E-state index in [1.165, 1.54) is 19.3 Å². The van der Waals surface area contributed by atoms with Gasteiger partial charge in [-0.15, -0.1) is 0 Å². The van der Waals surface area contributed by atoms with E-state index in [-0.39, 0.29) is 6.10 Å². The molecule has 6 heteroatoms. The van der Waals surface area contributed by atoms with Crippen LogP contribution in [0.1, 0.15) is 39.0 Å². The smallest absolute Gasteiger partial charge is 0.323 e. The van der Waals surface area contributed by atoms with Gasteiger partial charge in [-0.25, -0.2) is 0 Å². The molecule has 2 atom stereocenters. The standard InChI is InChI=1S/C14H25N5O/c1-5-10-8-6-7-9-11(10)20-14-17-12(15-2)16-13(18-14)19(3)4/h10-11H,5-9H2,1-4H3,(H,15,16,17,18). The zero-order valence-corrected chi connectivity index (χ0v) is 12.9. The first kappa shape index (κ1) is 14.8. The lowest BCUT2D eigenvalue weighted by atomic mass is 9.85. The number of nitrogens with one attached hydrogen (secondary N) is 1. The van der Waals surface area contributed by atoms with Crippen molar-refractivity contribution in [3.63, 3.8) is 0 Å². The second kappa shape index (κ2) is 6.72. The number of aromatic nitrogens is 3. The second-order valence-electron chi connectivity index (χ2n) is 5.50. The molecule has 0 amide bonds. The topological polar surface area (TPSA) is 63.2 Å². The summed E-state index contributed by atoms with van der Waals surface area (Å²) >= 11 is 0. The molecule has 2 rings (SSSR count). The summed E-state index contributed by atoms with van der Waals surface area (Å²) in [4.78, 5) is 14.9. The summed E-state index contributed by atoms with van der Waals surface area (Å²) < 4.78 is 6.06. The first-order valence-electron chi connectivity index (χ1n) is 7.41. The lowest BCUT2D eigenvalue weighted by Gasteiger charge is -2.30. The molecule has 1 saturated carbocycles. The summed E-state index contributed by atoms with van der Waals surface area (Å²) in [6.45, 7) is 2.23. The third-order valence-electron chi connectivity index (χ3n) is 3.85. The van der Waals surface area contributed by atoms with Crippen molar-refractivity contribution in [3.8, 4) is 6.01 Å². The van der Waals surface area contributed by atoms with Crippen LogP contribution in [0.15, 0.2) is 0 Å². The highest BCUT2D eigenvalue weighted by molar-refractivity contribution is 5.36. The van der Waals surface area contributed by atoms with Gasteiger partial charge in [0.05, 0.1) is 0 Å². The van der Waals surface area contributed by atoms with Crippen LogP contribution in [0.3, 0.4) is 0 Å². The quantitative estimate of drug-likeness (QED) is 0.892. The Bertz CT molecular complexity index is 438. The van der Waals surface area contributed by atoms with Gasteiger partial charge in [0.1, 0.15) is 6.10 Å². The third-order valence-corrected chi connectivity index (χ3v) is 3.85. The number of nitrogens with zero attached hydrogens (tertiary/aromatic N) is 4. The zero-order valence-electron chi connectivity index (χ0n) is 12.9. The Labute approximate surface area is 121 Å². The van der Waals surface area contributed by atoms with Crippen LogP contribution in [0.5, 0.6) is 6.01 Å². The molecule has 2 unspecified atom stereocenters. The summed E-state index contributed by atoms with van der Waals surface area (Å²) in [5, 5.41) is 2.96. The Kier molecular flexibility index (Phi) is 4.98. The predicted molar refractivity (Wildman–Crippen MR) is 80.4 cm³/mol. The molecule has 1 fully saturated rings. The molecule has 0 radical (unpaired) electrons. The number of hydrogen-bond donors (Lipinski definition) is 1. The Morgan fingerprint density at radius 2 is 1.95 bits per heavy atom. The summed E-state index contributed by atoms with van der Waals surface area (Å²) in [6, 6.07) is 0.429. The minimum Gasteiger partial charge on any atom is -0.460 e. The summed E-state index contributed by atoms with van der Waals surface area (Å²) in [5.74, 6) is 1.77. The van der Waals surface area contributed by atoms with Crippen LogP contribution in [0.4, 0.5) is 11.9 Å². The van der Waals surface area contributed by atoms with Crippen LogP contribution in [0, 0.1) is 5.92 Å². The maximum absolute atomic E-state index is 6.06. The van der Waals surface area contributed by atoms with Gasteiger partial charge in [0.2, 0.25) is 11.9 Å². The van der Waals surface area contributed by atoms with Crippen LogP contribution < -0.4 is 15.0 Å². The van der Waals surface area contributed by atoms with Crippen molar-refractivity contribution in [2.24, 2.45) is 5.92 Å². The van der Waals surface area contributed by atoms with Gasteiger partial charge in [0.15, 0.2) is 0 Å². The van der Waals surface area contributed by atoms with E-state index in [1.54, 1.807) is 7.05 Å². The molecule has 1 N–H and O–H groups in total. The fraction of sp³-hybridized carbons (Fsp3) is 0.786. The summed E-state index contributed by atoms with van der Waals surface area (Å²) in [6.07, 6.45) is 6.25. The van der Waals surface area contributed by atoms with E-state index in [0.29, 0.717) is 23.8 Å². The Balaban J connectivity index is 2.16. The third kappa shape index (κ3) is 3.49. The van der Waals surface area contributed by atoms with Gasteiger partial charge in [0, 0.05) is 21.1 Å². The van der Waals surface area contributed by atoms with Gasteiger partial charge in [-0.2, -0.15) is 15.0 Å². The highest BCUT2D eigenvalue weighted by atomic mass is 16.5. The largest absolute Gasteiger partial charge is 0.460 e. The van der Waals surface area contributed by atoms with Gasteiger partial charge in [-0.3, -0.25) is 0 Å². The normalized spacial score (nSPS) is 22.4. The molecule has 1 aromatic heterocycles. The highest BCUT2D eigenvalue weighted by Gasteiger charge is 2.26. The van der Waals surface area contributed by atoms with E-state index in [0.717, 1.165) is 12.8 Å². The van der Waals surface area contributed by atoms with Crippen LogP contribution >= 0.6 is 0 Å². The number of anilines is 2. The molecular formula is C14H25N5O. The molecular weight excluding hydrogens is 254 g/mol. The maximum Gasteiger partial charge on any atom is 0.323 e. The van der Waals surface area contributed by atoms with Gasteiger partial charge in [0.25, 0.3) is 0 Å². The van der Waals surface area contributed by atoms with E-state index in [9.17, 15) is 0 Å².